The highest BCUT2D eigenvalue weighted by atomic mass is 14.4. The Morgan fingerprint density at radius 2 is 1.71 bits per heavy atom. The third-order valence-electron chi connectivity index (χ3n) is 5.40. The van der Waals surface area contributed by atoms with Gasteiger partial charge in [0.2, 0.25) is 0 Å². The van der Waals surface area contributed by atoms with Crippen LogP contribution in [-0.2, 0) is 0 Å². The Labute approximate surface area is 108 Å². The molecule has 0 radical (unpaired) electrons. The fourth-order valence-corrected chi connectivity index (χ4v) is 3.90. The maximum atomic E-state index is 4.16. The molecule has 0 aromatic rings. The molecule has 0 bridgehead atoms. The Kier molecular flexibility index (Phi) is 4.70. The van der Waals surface area contributed by atoms with Gasteiger partial charge in [0.15, 0.2) is 0 Å². The van der Waals surface area contributed by atoms with Crippen molar-refractivity contribution in [1.29, 1.82) is 0 Å². The van der Waals surface area contributed by atoms with E-state index < -0.39 is 0 Å². The molecule has 0 heterocycles. The Balaban J connectivity index is 1.72. The Morgan fingerprint density at radius 3 is 2.29 bits per heavy atom. The first-order chi connectivity index (χ1) is 8.24. The lowest BCUT2D eigenvalue weighted by Crippen LogP contribution is -2.30. The summed E-state index contributed by atoms with van der Waals surface area (Å²) in [6.45, 7) is 6.47. The zero-order chi connectivity index (χ0) is 12.1. The van der Waals surface area contributed by atoms with Gasteiger partial charge in [-0.15, -0.1) is 0 Å². The van der Waals surface area contributed by atoms with Crippen molar-refractivity contribution in [3.8, 4) is 0 Å². The number of unbranched alkanes of at least 4 members (excludes halogenated alkanes) is 2. The smallest absolute Gasteiger partial charge is 0.0291 e. The SMILES string of the molecule is C=C1CCC2(CC1)CCC(CCCCC)CC2. The molecule has 98 valence electrons. The van der Waals surface area contributed by atoms with Gasteiger partial charge in [-0.2, -0.15) is 0 Å². The summed E-state index contributed by atoms with van der Waals surface area (Å²) < 4.78 is 0. The van der Waals surface area contributed by atoms with Crippen LogP contribution in [0.3, 0.4) is 0 Å². The van der Waals surface area contributed by atoms with Crippen molar-refractivity contribution < 1.29 is 0 Å². The molecule has 0 unspecified atom stereocenters. The quantitative estimate of drug-likeness (QED) is 0.421. The van der Waals surface area contributed by atoms with E-state index in [0.717, 1.165) is 11.3 Å². The highest BCUT2D eigenvalue weighted by molar-refractivity contribution is 5.03. The first kappa shape index (κ1) is 13.2. The first-order valence-electron chi connectivity index (χ1n) is 7.91. The molecule has 0 nitrogen and oxygen atoms in total. The fourth-order valence-electron chi connectivity index (χ4n) is 3.90. The van der Waals surface area contributed by atoms with Crippen molar-refractivity contribution in [1.82, 2.24) is 0 Å². The van der Waals surface area contributed by atoms with E-state index in [9.17, 15) is 0 Å². The van der Waals surface area contributed by atoms with Crippen molar-refractivity contribution in [2.45, 2.75) is 84.0 Å². The summed E-state index contributed by atoms with van der Waals surface area (Å²) >= 11 is 0. The predicted molar refractivity (Wildman–Crippen MR) is 76.1 cm³/mol. The summed E-state index contributed by atoms with van der Waals surface area (Å²) in [4.78, 5) is 0. The largest absolute Gasteiger partial charge is 0.0999 e. The van der Waals surface area contributed by atoms with Gasteiger partial charge in [0, 0.05) is 0 Å². The third-order valence-corrected chi connectivity index (χ3v) is 5.40. The first-order valence-corrected chi connectivity index (χ1v) is 7.91. The maximum absolute atomic E-state index is 4.16. The highest BCUT2D eigenvalue weighted by Crippen LogP contribution is 2.50. The van der Waals surface area contributed by atoms with E-state index in [0.29, 0.717) is 0 Å². The van der Waals surface area contributed by atoms with E-state index in [1.807, 2.05) is 0 Å². The van der Waals surface area contributed by atoms with Gasteiger partial charge in [0.1, 0.15) is 0 Å². The van der Waals surface area contributed by atoms with Gasteiger partial charge in [-0.25, -0.2) is 0 Å². The van der Waals surface area contributed by atoms with Crippen molar-refractivity contribution >= 4 is 0 Å². The minimum absolute atomic E-state index is 0.752. The molecule has 1 spiro atoms. The van der Waals surface area contributed by atoms with Gasteiger partial charge in [-0.3, -0.25) is 0 Å². The van der Waals surface area contributed by atoms with Crippen LogP contribution in [-0.4, -0.2) is 0 Å². The van der Waals surface area contributed by atoms with E-state index in [1.165, 1.54) is 82.6 Å². The minimum Gasteiger partial charge on any atom is -0.0999 e. The molecule has 0 saturated heterocycles. The number of allylic oxidation sites excluding steroid dienone is 1. The summed E-state index contributed by atoms with van der Waals surface area (Å²) in [5.74, 6) is 1.07. The van der Waals surface area contributed by atoms with Crippen molar-refractivity contribution in [3.05, 3.63) is 12.2 Å². The van der Waals surface area contributed by atoms with E-state index in [1.54, 1.807) is 0 Å². The Bertz CT molecular complexity index is 231. The average molecular weight is 234 g/mol. The van der Waals surface area contributed by atoms with Gasteiger partial charge in [0.05, 0.1) is 0 Å². The normalized spacial score (nSPS) is 25.4. The summed E-state index contributed by atoms with van der Waals surface area (Å²) in [5.41, 5.74) is 2.27. The number of hydrogen-bond donors (Lipinski definition) is 0. The van der Waals surface area contributed by atoms with Crippen LogP contribution in [0.25, 0.3) is 0 Å². The predicted octanol–water partition coefficient (Wildman–Crippen LogP) is 5.87. The van der Waals surface area contributed by atoms with Gasteiger partial charge < -0.3 is 0 Å². The zero-order valence-corrected chi connectivity index (χ0v) is 11.8. The van der Waals surface area contributed by atoms with Gasteiger partial charge in [-0.1, -0.05) is 44.8 Å². The molecule has 2 aliphatic carbocycles. The molecule has 2 rings (SSSR count). The van der Waals surface area contributed by atoms with E-state index in [4.69, 9.17) is 0 Å². The van der Waals surface area contributed by atoms with Gasteiger partial charge in [0.25, 0.3) is 0 Å². The van der Waals surface area contributed by atoms with Crippen molar-refractivity contribution in [3.63, 3.8) is 0 Å². The standard InChI is InChI=1S/C17H30/c1-3-4-5-6-16-9-13-17(14-10-16)11-7-15(2)8-12-17/h16H,2-14H2,1H3. The summed E-state index contributed by atoms with van der Waals surface area (Å²) in [6.07, 6.45) is 17.4. The second-order valence-corrected chi connectivity index (χ2v) is 6.69. The van der Waals surface area contributed by atoms with Crippen LogP contribution in [0.2, 0.25) is 0 Å². The lowest BCUT2D eigenvalue weighted by molar-refractivity contribution is 0.107. The molecule has 0 aromatic heterocycles. The zero-order valence-electron chi connectivity index (χ0n) is 11.8. The fraction of sp³-hybridized carbons (Fsp3) is 0.882. The van der Waals surface area contributed by atoms with Crippen LogP contribution in [0.1, 0.15) is 84.0 Å². The van der Waals surface area contributed by atoms with Crippen LogP contribution in [0.4, 0.5) is 0 Å². The lowest BCUT2D eigenvalue weighted by Gasteiger charge is -2.43. The molecular weight excluding hydrogens is 204 g/mol. The molecular formula is C17H30. The lowest BCUT2D eigenvalue weighted by atomic mass is 9.62. The minimum atomic E-state index is 0.752. The molecule has 2 aliphatic rings. The molecule has 0 heteroatoms. The summed E-state index contributed by atoms with van der Waals surface area (Å²) in [7, 11) is 0. The molecule has 0 aromatic carbocycles. The molecule has 0 atom stereocenters. The van der Waals surface area contributed by atoms with Crippen LogP contribution >= 0.6 is 0 Å². The van der Waals surface area contributed by atoms with Gasteiger partial charge in [-0.05, 0) is 62.7 Å². The van der Waals surface area contributed by atoms with E-state index in [-0.39, 0.29) is 0 Å². The van der Waals surface area contributed by atoms with E-state index in [2.05, 4.69) is 13.5 Å². The molecule has 0 amide bonds. The van der Waals surface area contributed by atoms with Crippen LogP contribution in [0.15, 0.2) is 12.2 Å². The number of rotatable bonds is 4. The van der Waals surface area contributed by atoms with Crippen LogP contribution in [0, 0.1) is 11.3 Å². The van der Waals surface area contributed by atoms with E-state index >= 15 is 0 Å². The summed E-state index contributed by atoms with van der Waals surface area (Å²) in [5, 5.41) is 0. The average Bonchev–Trinajstić information content (AvgIpc) is 2.36. The van der Waals surface area contributed by atoms with Crippen LogP contribution in [0.5, 0.6) is 0 Å². The Morgan fingerprint density at radius 1 is 1.06 bits per heavy atom. The summed E-state index contributed by atoms with van der Waals surface area (Å²) in [6, 6.07) is 0. The molecule has 0 N–H and O–H groups in total. The topological polar surface area (TPSA) is 0 Å². The van der Waals surface area contributed by atoms with Crippen molar-refractivity contribution in [2.24, 2.45) is 11.3 Å². The highest BCUT2D eigenvalue weighted by Gasteiger charge is 2.36. The second kappa shape index (κ2) is 6.07. The molecule has 0 aliphatic heterocycles. The van der Waals surface area contributed by atoms with Crippen LogP contribution < -0.4 is 0 Å². The number of hydrogen-bond acceptors (Lipinski definition) is 0. The third kappa shape index (κ3) is 3.60. The molecule has 2 fully saturated rings. The van der Waals surface area contributed by atoms with Crippen molar-refractivity contribution in [2.75, 3.05) is 0 Å². The monoisotopic (exact) mass is 234 g/mol. The maximum Gasteiger partial charge on any atom is -0.0291 e. The molecule has 17 heavy (non-hydrogen) atoms. The van der Waals surface area contributed by atoms with Gasteiger partial charge >= 0.3 is 0 Å². The molecule has 2 saturated carbocycles. The second-order valence-electron chi connectivity index (χ2n) is 6.69. The Hall–Kier alpha value is -0.260.